The van der Waals surface area contributed by atoms with Crippen LogP contribution in [0.15, 0.2) is 48.5 Å². The zero-order valence-corrected chi connectivity index (χ0v) is 12.7. The van der Waals surface area contributed by atoms with Crippen molar-refractivity contribution >= 4 is 22.8 Å². The van der Waals surface area contributed by atoms with Gasteiger partial charge in [-0.3, -0.25) is 4.79 Å². The van der Waals surface area contributed by atoms with Crippen LogP contribution in [0.3, 0.4) is 0 Å². The summed E-state index contributed by atoms with van der Waals surface area (Å²) >= 11 is 5.08. The molecule has 0 amide bonds. The van der Waals surface area contributed by atoms with E-state index in [-0.39, 0.29) is 16.7 Å². The van der Waals surface area contributed by atoms with Crippen molar-refractivity contribution in [2.45, 2.75) is 12.9 Å². The molecule has 2 aromatic carbocycles. The molecule has 0 saturated carbocycles. The molecule has 3 nitrogen and oxygen atoms in total. The molecule has 8 heteroatoms. The maximum Gasteiger partial charge on any atom is 0.336 e. The zero-order chi connectivity index (χ0) is 18.3. The molecule has 0 aliphatic carbocycles. The third-order valence-electron chi connectivity index (χ3n) is 2.83. The number of benzene rings is 2. The Morgan fingerprint density at radius 1 is 0.792 bits per heavy atom. The zero-order valence-electron chi connectivity index (χ0n) is 11.9. The van der Waals surface area contributed by atoms with Gasteiger partial charge in [0.2, 0.25) is 0 Å². The Morgan fingerprint density at radius 2 is 1.17 bits per heavy atom. The Balaban J connectivity index is 0.000000240. The molecule has 24 heavy (non-hydrogen) atoms. The van der Waals surface area contributed by atoms with Crippen molar-refractivity contribution in [1.82, 2.24) is 0 Å². The van der Waals surface area contributed by atoms with Gasteiger partial charge in [-0.25, -0.2) is 22.4 Å². The van der Waals surface area contributed by atoms with Crippen LogP contribution in [0.1, 0.15) is 44.7 Å². The Morgan fingerprint density at radius 3 is 1.46 bits per heavy atom. The maximum absolute atomic E-state index is 12.2. The third kappa shape index (κ3) is 5.34. The first-order valence-electron chi connectivity index (χ1n) is 6.43. The predicted octanol–water partition coefficient (Wildman–Crippen LogP) is 5.33. The van der Waals surface area contributed by atoms with Crippen LogP contribution in [-0.2, 0) is 0 Å². The minimum atomic E-state index is -2.74. The Labute approximate surface area is 139 Å². The average molecular weight is 363 g/mol. The summed E-state index contributed by atoms with van der Waals surface area (Å²) in [5.74, 6) is -1.33. The molecule has 0 bridgehead atoms. The summed E-state index contributed by atoms with van der Waals surface area (Å²) < 4.78 is 48.6. The standard InChI is InChI=1S/C8H5ClF2O.C8H6F2O2/c9-7(12)5-3-1-2-4-6(5)8(10)11;9-7(10)5-3-1-2-4-6(5)8(11)12/h1-4,8H;1-4,7H,(H,11,12). The lowest BCUT2D eigenvalue weighted by atomic mass is 10.1. The lowest BCUT2D eigenvalue weighted by Crippen LogP contribution is -2.01. The largest absolute Gasteiger partial charge is 0.478 e. The lowest BCUT2D eigenvalue weighted by Gasteiger charge is -2.02. The maximum atomic E-state index is 12.2. The second-order valence-corrected chi connectivity index (χ2v) is 4.70. The second-order valence-electron chi connectivity index (χ2n) is 4.35. The average Bonchev–Trinajstić information content (AvgIpc) is 2.55. The predicted molar refractivity (Wildman–Crippen MR) is 79.9 cm³/mol. The monoisotopic (exact) mass is 362 g/mol. The van der Waals surface area contributed by atoms with Gasteiger partial charge in [0.15, 0.2) is 0 Å². The van der Waals surface area contributed by atoms with Crippen molar-refractivity contribution in [3.05, 3.63) is 70.8 Å². The third-order valence-corrected chi connectivity index (χ3v) is 3.04. The molecule has 2 aromatic rings. The fourth-order valence-corrected chi connectivity index (χ4v) is 1.92. The van der Waals surface area contributed by atoms with Crippen LogP contribution in [-0.4, -0.2) is 16.3 Å². The number of alkyl halides is 4. The smallest absolute Gasteiger partial charge is 0.336 e. The van der Waals surface area contributed by atoms with Gasteiger partial charge in [-0.15, -0.1) is 0 Å². The van der Waals surface area contributed by atoms with E-state index in [2.05, 4.69) is 0 Å². The van der Waals surface area contributed by atoms with Crippen molar-refractivity contribution < 1.29 is 32.3 Å². The van der Waals surface area contributed by atoms with E-state index < -0.39 is 29.6 Å². The number of carbonyl (C=O) groups is 2. The normalized spacial score (nSPS) is 10.3. The molecule has 0 fully saturated rings. The van der Waals surface area contributed by atoms with E-state index in [9.17, 15) is 27.2 Å². The highest BCUT2D eigenvalue weighted by molar-refractivity contribution is 6.67. The van der Waals surface area contributed by atoms with E-state index in [4.69, 9.17) is 16.7 Å². The molecule has 0 aliphatic heterocycles. The quantitative estimate of drug-likeness (QED) is 0.591. The van der Waals surface area contributed by atoms with Crippen LogP contribution in [0.2, 0.25) is 0 Å². The highest BCUT2D eigenvalue weighted by Gasteiger charge is 2.16. The van der Waals surface area contributed by atoms with Gasteiger partial charge in [-0.05, 0) is 23.7 Å². The molecule has 0 unspecified atom stereocenters. The Kier molecular flexibility index (Phi) is 7.38. The number of carboxylic acid groups (broad SMARTS) is 1. The number of aromatic carboxylic acids is 1. The minimum Gasteiger partial charge on any atom is -0.478 e. The van der Waals surface area contributed by atoms with Crippen LogP contribution in [0, 0.1) is 0 Å². The van der Waals surface area contributed by atoms with Crippen LogP contribution < -0.4 is 0 Å². The molecule has 128 valence electrons. The highest BCUT2D eigenvalue weighted by Crippen LogP contribution is 2.23. The van der Waals surface area contributed by atoms with Crippen molar-refractivity contribution in [2.75, 3.05) is 0 Å². The second kappa shape index (κ2) is 9.02. The topological polar surface area (TPSA) is 54.4 Å². The Hall–Kier alpha value is -2.41. The van der Waals surface area contributed by atoms with E-state index in [1.54, 1.807) is 0 Å². The van der Waals surface area contributed by atoms with Gasteiger partial charge < -0.3 is 5.11 Å². The van der Waals surface area contributed by atoms with Gasteiger partial charge in [0.1, 0.15) is 0 Å². The number of carboxylic acids is 1. The summed E-state index contributed by atoms with van der Waals surface area (Å²) in [7, 11) is 0. The molecular weight excluding hydrogens is 352 g/mol. The molecule has 0 aliphatic rings. The first-order chi connectivity index (χ1) is 11.3. The summed E-state index contributed by atoms with van der Waals surface area (Å²) in [6.45, 7) is 0. The number of halogens is 5. The number of hydrogen-bond acceptors (Lipinski definition) is 2. The van der Waals surface area contributed by atoms with E-state index in [0.717, 1.165) is 12.1 Å². The van der Waals surface area contributed by atoms with Crippen LogP contribution in [0.5, 0.6) is 0 Å². The van der Waals surface area contributed by atoms with Gasteiger partial charge in [0.05, 0.1) is 5.56 Å². The molecular formula is C16H11ClF4O3. The SMILES string of the molecule is O=C(Cl)c1ccccc1C(F)F.O=C(O)c1ccccc1C(F)F. The van der Waals surface area contributed by atoms with E-state index in [0.29, 0.717) is 0 Å². The molecule has 0 aromatic heterocycles. The van der Waals surface area contributed by atoms with Crippen molar-refractivity contribution in [3.63, 3.8) is 0 Å². The van der Waals surface area contributed by atoms with Gasteiger partial charge >= 0.3 is 5.97 Å². The van der Waals surface area contributed by atoms with Gasteiger partial charge in [-0.2, -0.15) is 0 Å². The molecule has 0 spiro atoms. The highest BCUT2D eigenvalue weighted by atomic mass is 35.5. The summed E-state index contributed by atoms with van der Waals surface area (Å²) in [6, 6.07) is 10.4. The molecule has 1 N–H and O–H groups in total. The summed E-state index contributed by atoms with van der Waals surface area (Å²) in [4.78, 5) is 21.0. The fourth-order valence-electron chi connectivity index (χ4n) is 1.75. The molecule has 2 rings (SSSR count). The summed E-state index contributed by atoms with van der Waals surface area (Å²) in [5, 5.41) is 7.63. The number of carbonyl (C=O) groups excluding carboxylic acids is 1. The van der Waals surface area contributed by atoms with Crippen LogP contribution >= 0.6 is 11.6 Å². The number of hydrogen-bond donors (Lipinski definition) is 1. The lowest BCUT2D eigenvalue weighted by molar-refractivity contribution is 0.0684. The minimum absolute atomic E-state index is 0.130. The molecule has 0 atom stereocenters. The first kappa shape index (κ1) is 19.6. The van der Waals surface area contributed by atoms with E-state index >= 15 is 0 Å². The summed E-state index contributed by atoms with van der Waals surface area (Å²) in [5.41, 5.74) is -1.23. The fraction of sp³-hybridized carbons (Fsp3) is 0.125. The van der Waals surface area contributed by atoms with Gasteiger partial charge in [-0.1, -0.05) is 36.4 Å². The van der Waals surface area contributed by atoms with Crippen molar-refractivity contribution in [2.24, 2.45) is 0 Å². The Bertz CT molecular complexity index is 658. The van der Waals surface area contributed by atoms with Crippen LogP contribution in [0.4, 0.5) is 17.6 Å². The van der Waals surface area contributed by atoms with Crippen molar-refractivity contribution in [3.8, 4) is 0 Å². The van der Waals surface area contributed by atoms with Gasteiger partial charge in [0.25, 0.3) is 18.1 Å². The summed E-state index contributed by atoms with van der Waals surface area (Å²) in [6.07, 6.45) is -5.40. The molecule has 0 radical (unpaired) electrons. The molecule has 0 saturated heterocycles. The first-order valence-corrected chi connectivity index (χ1v) is 6.80. The van der Waals surface area contributed by atoms with E-state index in [1.807, 2.05) is 0 Å². The van der Waals surface area contributed by atoms with Crippen LogP contribution in [0.25, 0.3) is 0 Å². The molecule has 0 heterocycles. The number of rotatable bonds is 4. The van der Waals surface area contributed by atoms with Crippen molar-refractivity contribution in [1.29, 1.82) is 0 Å². The van der Waals surface area contributed by atoms with Gasteiger partial charge in [0, 0.05) is 16.7 Å². The van der Waals surface area contributed by atoms with E-state index in [1.165, 1.54) is 36.4 Å².